The van der Waals surface area contributed by atoms with E-state index in [1.165, 1.54) is 77.3 Å². The number of allylic oxidation sites excluding steroid dienone is 4. The molecule has 1 aliphatic rings. The Morgan fingerprint density at radius 3 is 1.70 bits per heavy atom. The Morgan fingerprint density at radius 2 is 1.00 bits per heavy atom. The van der Waals surface area contributed by atoms with Crippen molar-refractivity contribution in [3.05, 3.63) is 163 Å². The number of hydrogen-bond donors (Lipinski definition) is 0. The van der Waals surface area contributed by atoms with Crippen LogP contribution in [0, 0.1) is 0 Å². The second-order valence-electron chi connectivity index (χ2n) is 11.7. The van der Waals surface area contributed by atoms with E-state index in [-0.39, 0.29) is 0 Å². The third kappa shape index (κ3) is 3.74. The van der Waals surface area contributed by atoms with Crippen LogP contribution < -0.4 is 0 Å². The highest BCUT2D eigenvalue weighted by Crippen LogP contribution is 2.44. The average Bonchev–Trinajstić information content (AvgIpc) is 3.62. The molecule has 44 heavy (non-hydrogen) atoms. The lowest BCUT2D eigenvalue weighted by Crippen LogP contribution is -2.04. The minimum absolute atomic E-state index is 1.02. The van der Waals surface area contributed by atoms with Gasteiger partial charge in [0.1, 0.15) is 0 Å². The van der Waals surface area contributed by atoms with Crippen molar-refractivity contribution in [3.63, 3.8) is 0 Å². The molecule has 0 unspecified atom stereocenters. The van der Waals surface area contributed by atoms with E-state index in [0.29, 0.717) is 0 Å². The summed E-state index contributed by atoms with van der Waals surface area (Å²) in [5.74, 6) is 0. The summed E-state index contributed by atoms with van der Waals surface area (Å²) in [6.07, 6.45) is 6.75. The Labute approximate surface area is 256 Å². The summed E-state index contributed by atoms with van der Waals surface area (Å²) in [7, 11) is 0. The van der Waals surface area contributed by atoms with Crippen LogP contribution in [0.15, 0.2) is 158 Å². The molecule has 1 aliphatic carbocycles. The predicted octanol–water partition coefficient (Wildman–Crippen LogP) is 11.3. The number of hydrogen-bond acceptors (Lipinski definition) is 0. The molecule has 0 aliphatic heterocycles. The molecule has 0 radical (unpaired) electrons. The zero-order valence-corrected chi connectivity index (χ0v) is 24.3. The van der Waals surface area contributed by atoms with E-state index in [0.717, 1.165) is 12.8 Å². The molecule has 9 rings (SSSR count). The van der Waals surface area contributed by atoms with E-state index in [1.807, 2.05) is 0 Å². The van der Waals surface area contributed by atoms with E-state index in [2.05, 4.69) is 167 Å². The van der Waals surface area contributed by atoms with Crippen LogP contribution in [-0.4, -0.2) is 9.13 Å². The molecule has 2 aromatic heterocycles. The fourth-order valence-electron chi connectivity index (χ4n) is 7.27. The summed E-state index contributed by atoms with van der Waals surface area (Å²) in [5.41, 5.74) is 12.5. The first-order valence-corrected chi connectivity index (χ1v) is 15.4. The number of para-hydroxylation sites is 2. The average molecular weight is 563 g/mol. The van der Waals surface area contributed by atoms with Gasteiger partial charge < -0.3 is 9.13 Å². The highest BCUT2D eigenvalue weighted by molar-refractivity contribution is 6.24. The smallest absolute Gasteiger partial charge is 0.0789 e. The Hall–Kier alpha value is -5.60. The van der Waals surface area contributed by atoms with Crippen LogP contribution in [0.25, 0.3) is 71.7 Å². The van der Waals surface area contributed by atoms with Crippen molar-refractivity contribution in [2.45, 2.75) is 12.8 Å². The standard InChI is InChI=1S/C42H30N2/c1-3-14-29(15-4-1)31-18-13-19-32(28-31)43-39-24-11-8-21-34(39)36-26-27-37-35-22-9-12-25-40(35)44(42(37)41(36)43)38-23-10-7-20-33(38)30-16-5-2-6-17-30/h1-6,8-19,21-28H,7,20H2. The molecule has 2 heteroatoms. The molecule has 0 amide bonds. The van der Waals surface area contributed by atoms with Crippen LogP contribution in [0.3, 0.4) is 0 Å². The van der Waals surface area contributed by atoms with Gasteiger partial charge in [-0.2, -0.15) is 0 Å². The number of benzene rings is 6. The molecule has 0 spiro atoms. The number of rotatable bonds is 4. The van der Waals surface area contributed by atoms with Crippen molar-refractivity contribution in [3.8, 4) is 16.8 Å². The van der Waals surface area contributed by atoms with Crippen molar-refractivity contribution in [1.29, 1.82) is 0 Å². The summed E-state index contributed by atoms with van der Waals surface area (Å²) < 4.78 is 5.03. The van der Waals surface area contributed by atoms with Gasteiger partial charge in [-0.25, -0.2) is 0 Å². The third-order valence-corrected chi connectivity index (χ3v) is 9.19. The zero-order valence-electron chi connectivity index (χ0n) is 24.3. The van der Waals surface area contributed by atoms with Crippen molar-refractivity contribution in [2.75, 3.05) is 0 Å². The van der Waals surface area contributed by atoms with Crippen LogP contribution in [0.4, 0.5) is 0 Å². The Kier molecular flexibility index (Phi) is 5.67. The second kappa shape index (κ2) is 10.00. The molecular weight excluding hydrogens is 532 g/mol. The zero-order chi connectivity index (χ0) is 29.0. The van der Waals surface area contributed by atoms with Gasteiger partial charge in [0.2, 0.25) is 0 Å². The lowest BCUT2D eigenvalue weighted by atomic mass is 9.95. The van der Waals surface area contributed by atoms with Gasteiger partial charge in [-0.3, -0.25) is 0 Å². The summed E-state index contributed by atoms with van der Waals surface area (Å²) in [5, 5.41) is 5.08. The van der Waals surface area contributed by atoms with Crippen LogP contribution >= 0.6 is 0 Å². The van der Waals surface area contributed by atoms with Gasteiger partial charge in [0.25, 0.3) is 0 Å². The van der Waals surface area contributed by atoms with E-state index in [1.54, 1.807) is 0 Å². The summed E-state index contributed by atoms with van der Waals surface area (Å²) in [6.45, 7) is 0. The largest absolute Gasteiger partial charge is 0.307 e. The second-order valence-corrected chi connectivity index (χ2v) is 11.7. The van der Waals surface area contributed by atoms with Gasteiger partial charge in [0, 0.05) is 32.9 Å². The minimum Gasteiger partial charge on any atom is -0.307 e. The molecule has 2 heterocycles. The van der Waals surface area contributed by atoms with Gasteiger partial charge in [0.05, 0.1) is 22.1 Å². The molecule has 6 aromatic carbocycles. The molecule has 0 saturated heterocycles. The van der Waals surface area contributed by atoms with Crippen LogP contribution in [0.5, 0.6) is 0 Å². The molecular formula is C42H30N2. The molecule has 208 valence electrons. The van der Waals surface area contributed by atoms with Gasteiger partial charge >= 0.3 is 0 Å². The SMILES string of the molecule is C1=CC(n2c3ccccc3c3ccc4c5ccccc5n(-c5cccc(-c6ccccc6)c5)c4c32)=C(c2ccccc2)CC1. The quantitative estimate of drug-likeness (QED) is 0.202. The van der Waals surface area contributed by atoms with E-state index < -0.39 is 0 Å². The third-order valence-electron chi connectivity index (χ3n) is 9.19. The number of aromatic nitrogens is 2. The fourth-order valence-corrected chi connectivity index (χ4v) is 7.27. The molecule has 0 atom stereocenters. The summed E-state index contributed by atoms with van der Waals surface area (Å²) in [4.78, 5) is 0. The minimum atomic E-state index is 1.02. The molecule has 0 fully saturated rings. The maximum atomic E-state index is 2.54. The highest BCUT2D eigenvalue weighted by atomic mass is 15.0. The first-order valence-electron chi connectivity index (χ1n) is 15.4. The van der Waals surface area contributed by atoms with Crippen LogP contribution in [0.2, 0.25) is 0 Å². The molecule has 0 N–H and O–H groups in total. The van der Waals surface area contributed by atoms with E-state index in [9.17, 15) is 0 Å². The van der Waals surface area contributed by atoms with Crippen LogP contribution in [-0.2, 0) is 0 Å². The Bertz CT molecular complexity index is 2420. The maximum absolute atomic E-state index is 2.54. The van der Waals surface area contributed by atoms with Crippen molar-refractivity contribution >= 4 is 54.9 Å². The monoisotopic (exact) mass is 562 g/mol. The summed E-state index contributed by atoms with van der Waals surface area (Å²) >= 11 is 0. The Morgan fingerprint density at radius 1 is 0.432 bits per heavy atom. The fraction of sp³-hybridized carbons (Fsp3) is 0.0476. The molecule has 8 aromatic rings. The maximum Gasteiger partial charge on any atom is 0.0789 e. The number of nitrogens with zero attached hydrogens (tertiary/aromatic N) is 2. The first kappa shape index (κ1) is 24.9. The van der Waals surface area contributed by atoms with Crippen molar-refractivity contribution in [2.24, 2.45) is 0 Å². The predicted molar refractivity (Wildman–Crippen MR) is 187 cm³/mol. The lowest BCUT2D eigenvalue weighted by molar-refractivity contribution is 1.04. The normalized spacial score (nSPS) is 13.5. The van der Waals surface area contributed by atoms with Crippen molar-refractivity contribution in [1.82, 2.24) is 9.13 Å². The van der Waals surface area contributed by atoms with E-state index in [4.69, 9.17) is 0 Å². The number of fused-ring (bicyclic) bond motifs is 7. The molecule has 0 bridgehead atoms. The van der Waals surface area contributed by atoms with Gasteiger partial charge in [-0.1, -0.05) is 127 Å². The van der Waals surface area contributed by atoms with Gasteiger partial charge in [0.15, 0.2) is 0 Å². The first-order chi connectivity index (χ1) is 21.9. The topological polar surface area (TPSA) is 9.86 Å². The molecule has 0 saturated carbocycles. The highest BCUT2D eigenvalue weighted by Gasteiger charge is 2.23. The lowest BCUT2D eigenvalue weighted by Gasteiger charge is -2.20. The Balaban J connectivity index is 1.46. The molecule has 2 nitrogen and oxygen atoms in total. The van der Waals surface area contributed by atoms with Gasteiger partial charge in [-0.05, 0) is 65.4 Å². The van der Waals surface area contributed by atoms with E-state index >= 15 is 0 Å². The van der Waals surface area contributed by atoms with Crippen LogP contribution in [0.1, 0.15) is 18.4 Å². The van der Waals surface area contributed by atoms with Crippen molar-refractivity contribution < 1.29 is 0 Å². The summed E-state index contributed by atoms with van der Waals surface area (Å²) in [6, 6.07) is 53.0. The van der Waals surface area contributed by atoms with Gasteiger partial charge in [-0.15, -0.1) is 0 Å².